The van der Waals surface area contributed by atoms with E-state index in [1.165, 1.54) is 106 Å². The summed E-state index contributed by atoms with van der Waals surface area (Å²) in [6.07, 6.45) is 3.29. The number of anilines is 3. The second-order valence-corrected chi connectivity index (χ2v) is 22.2. The Hall–Kier alpha value is -3.56. The van der Waals surface area contributed by atoms with Gasteiger partial charge >= 0.3 is 0 Å². The largest absolute Gasteiger partial charge is 0.303 e. The number of nitrogens with zero attached hydrogens (tertiary/aromatic N) is 1. The zero-order chi connectivity index (χ0) is 38.4. The fourth-order valence-electron chi connectivity index (χ4n) is 9.45. The van der Waals surface area contributed by atoms with E-state index >= 15 is 0 Å². The first-order chi connectivity index (χ1) is 24.5. The maximum absolute atomic E-state index is 4.88. The van der Waals surface area contributed by atoms with E-state index in [0.717, 1.165) is 6.42 Å². The lowest BCUT2D eigenvalue weighted by molar-refractivity contribution is 0.332. The number of rotatable bonds is 1. The molecule has 5 aromatic rings. The van der Waals surface area contributed by atoms with Gasteiger partial charge in [-0.25, -0.2) is 0 Å². The Kier molecular flexibility index (Phi) is 7.89. The zero-order valence-corrected chi connectivity index (χ0v) is 35.9. The van der Waals surface area contributed by atoms with Crippen LogP contribution in [0.5, 0.6) is 0 Å². The SMILES string of the molecule is C=C1Cc2ccc(C(C)(C)C)cc2B2c3c1cc(C(C)(C)C)cc3N(c1ccc(C(C)(C)C)cc1C)c1sc3cc4c(cc3c12)C(C)(C)CCC4(C)C. The monoisotopic (exact) mass is 717 g/mol. The molecule has 3 heteroatoms. The summed E-state index contributed by atoms with van der Waals surface area (Å²) in [6.45, 7) is 38.3. The Labute approximate surface area is 325 Å². The number of allylic oxidation sites excluding steroid dienone is 1. The molecule has 1 nitrogen and oxygen atoms in total. The lowest BCUT2D eigenvalue weighted by atomic mass is 9.34. The van der Waals surface area contributed by atoms with Crippen LogP contribution in [0, 0.1) is 6.92 Å². The summed E-state index contributed by atoms with van der Waals surface area (Å²) in [6, 6.07) is 24.9. The van der Waals surface area contributed by atoms with Gasteiger partial charge in [0.25, 0.3) is 0 Å². The van der Waals surface area contributed by atoms with Crippen LogP contribution in [-0.2, 0) is 33.5 Å². The molecule has 3 heterocycles. The third kappa shape index (κ3) is 5.70. The first-order valence-corrected chi connectivity index (χ1v) is 20.8. The van der Waals surface area contributed by atoms with Crippen LogP contribution in [0.25, 0.3) is 15.7 Å². The van der Waals surface area contributed by atoms with Crippen LogP contribution >= 0.6 is 11.3 Å². The standard InChI is InChI=1S/C50H60BNS/c1-29-22-31-16-17-33(47(6,7)8)25-39(31)51-43-35(29)24-34(48(9,10)11)26-41(43)52(40-19-18-32(23-30(40)2)46(3,4)5)45-44(51)36-27-37-38(28-42(36)53-45)50(14,15)21-20-49(37,12)13/h16-19,23-28H,1,20-22H2,2-15H3. The Balaban J connectivity index is 1.55. The molecule has 1 aliphatic carbocycles. The molecule has 1 aromatic heterocycles. The van der Waals surface area contributed by atoms with Crippen molar-refractivity contribution in [2.24, 2.45) is 0 Å². The van der Waals surface area contributed by atoms with Crippen molar-refractivity contribution in [3.8, 4) is 0 Å². The predicted molar refractivity (Wildman–Crippen MR) is 236 cm³/mol. The van der Waals surface area contributed by atoms with Crippen molar-refractivity contribution in [2.75, 3.05) is 4.90 Å². The highest BCUT2D eigenvalue weighted by Crippen LogP contribution is 2.51. The lowest BCUT2D eigenvalue weighted by Gasteiger charge is -2.42. The summed E-state index contributed by atoms with van der Waals surface area (Å²) >= 11 is 2.02. The highest BCUT2D eigenvalue weighted by molar-refractivity contribution is 7.26. The number of fused-ring (bicyclic) bond motifs is 7. The molecule has 0 radical (unpaired) electrons. The van der Waals surface area contributed by atoms with Crippen LogP contribution < -0.4 is 21.3 Å². The molecule has 0 N–H and O–H groups in total. The van der Waals surface area contributed by atoms with Crippen LogP contribution in [0.4, 0.5) is 16.4 Å². The van der Waals surface area contributed by atoms with Gasteiger partial charge in [0.2, 0.25) is 6.71 Å². The molecule has 0 saturated carbocycles. The molecule has 0 unspecified atom stereocenters. The van der Waals surface area contributed by atoms with Crippen molar-refractivity contribution in [3.63, 3.8) is 0 Å². The minimum absolute atomic E-state index is 0.0205. The summed E-state index contributed by atoms with van der Waals surface area (Å²) in [4.78, 5) is 2.67. The smallest absolute Gasteiger partial charge is 0.249 e. The Morgan fingerprint density at radius 1 is 0.660 bits per heavy atom. The number of thiophene rings is 1. The van der Waals surface area contributed by atoms with E-state index in [2.05, 4.69) is 162 Å². The van der Waals surface area contributed by atoms with Gasteiger partial charge < -0.3 is 4.90 Å². The molecule has 0 spiro atoms. The van der Waals surface area contributed by atoms with Gasteiger partial charge in [-0.05, 0) is 144 Å². The van der Waals surface area contributed by atoms with Crippen LogP contribution in [0.3, 0.4) is 0 Å². The van der Waals surface area contributed by atoms with E-state index < -0.39 is 0 Å². The van der Waals surface area contributed by atoms with E-state index in [1.54, 1.807) is 0 Å². The van der Waals surface area contributed by atoms with Crippen molar-refractivity contribution >= 4 is 66.5 Å². The molecular weight excluding hydrogens is 657 g/mol. The van der Waals surface area contributed by atoms with Crippen molar-refractivity contribution in [3.05, 3.63) is 112 Å². The van der Waals surface area contributed by atoms with Gasteiger partial charge in [0.05, 0.1) is 5.00 Å². The van der Waals surface area contributed by atoms with Crippen molar-refractivity contribution in [2.45, 2.75) is 143 Å². The summed E-state index contributed by atoms with van der Waals surface area (Å²) in [5.41, 5.74) is 19.8. The van der Waals surface area contributed by atoms with Gasteiger partial charge in [0.1, 0.15) is 0 Å². The second kappa shape index (κ2) is 11.5. The van der Waals surface area contributed by atoms with Crippen molar-refractivity contribution in [1.29, 1.82) is 0 Å². The van der Waals surface area contributed by atoms with E-state index in [4.69, 9.17) is 6.58 Å². The molecular formula is C50H60BNS. The minimum atomic E-state index is -0.0205. The molecule has 8 rings (SSSR count). The Morgan fingerprint density at radius 2 is 1.25 bits per heavy atom. The van der Waals surface area contributed by atoms with Gasteiger partial charge in [0, 0.05) is 16.1 Å². The van der Waals surface area contributed by atoms with Crippen molar-refractivity contribution in [1.82, 2.24) is 0 Å². The second-order valence-electron chi connectivity index (χ2n) is 21.2. The maximum atomic E-state index is 4.88. The van der Waals surface area contributed by atoms with E-state index in [1.807, 2.05) is 11.3 Å². The average Bonchev–Trinajstić information content (AvgIpc) is 3.36. The number of benzene rings is 4. The minimum Gasteiger partial charge on any atom is -0.303 e. The van der Waals surface area contributed by atoms with Crippen LogP contribution in [-0.4, -0.2) is 6.71 Å². The third-order valence-corrected chi connectivity index (χ3v) is 14.3. The van der Waals surface area contributed by atoms with Crippen LogP contribution in [0.1, 0.15) is 147 Å². The molecule has 0 saturated heterocycles. The van der Waals surface area contributed by atoms with Crippen molar-refractivity contribution < 1.29 is 0 Å². The summed E-state index contributed by atoms with van der Waals surface area (Å²) in [5, 5.41) is 2.81. The number of hydrogen-bond donors (Lipinski definition) is 0. The fourth-order valence-corrected chi connectivity index (χ4v) is 10.7. The fraction of sp³-hybridized carbons (Fsp3) is 0.440. The zero-order valence-electron chi connectivity index (χ0n) is 35.0. The first-order valence-electron chi connectivity index (χ1n) is 20.0. The molecule has 0 atom stereocenters. The summed E-state index contributed by atoms with van der Waals surface area (Å²) < 4.78 is 1.41. The van der Waals surface area contributed by atoms with Gasteiger partial charge in [-0.3, -0.25) is 0 Å². The predicted octanol–water partition coefficient (Wildman–Crippen LogP) is 12.3. The summed E-state index contributed by atoms with van der Waals surface area (Å²) in [7, 11) is 0. The van der Waals surface area contributed by atoms with Gasteiger partial charge in [-0.1, -0.05) is 138 Å². The normalized spacial score (nSPS) is 17.7. The van der Waals surface area contributed by atoms with Gasteiger partial charge in [-0.15, -0.1) is 11.3 Å². The summed E-state index contributed by atoms with van der Waals surface area (Å²) in [5.74, 6) is 0. The van der Waals surface area contributed by atoms with E-state index in [-0.39, 0.29) is 33.8 Å². The third-order valence-electron chi connectivity index (χ3n) is 13.1. The molecule has 4 aromatic carbocycles. The first kappa shape index (κ1) is 36.4. The lowest BCUT2D eigenvalue weighted by Crippen LogP contribution is -2.58. The van der Waals surface area contributed by atoms with E-state index in [9.17, 15) is 0 Å². The average molecular weight is 718 g/mol. The molecule has 2 aliphatic heterocycles. The van der Waals surface area contributed by atoms with Gasteiger partial charge in [0.15, 0.2) is 0 Å². The highest BCUT2D eigenvalue weighted by atomic mass is 32.1. The number of aryl methyl sites for hydroxylation is 1. The molecule has 0 fully saturated rings. The molecule has 0 amide bonds. The van der Waals surface area contributed by atoms with Crippen LogP contribution in [0.15, 0.2) is 67.2 Å². The Bertz CT molecular complexity index is 2360. The maximum Gasteiger partial charge on any atom is 0.249 e. The van der Waals surface area contributed by atoms with E-state index in [0.29, 0.717) is 0 Å². The quantitative estimate of drug-likeness (QED) is 0.153. The van der Waals surface area contributed by atoms with Gasteiger partial charge in [-0.2, -0.15) is 0 Å². The highest BCUT2D eigenvalue weighted by Gasteiger charge is 2.45. The molecule has 274 valence electrons. The topological polar surface area (TPSA) is 3.24 Å². The molecule has 3 aliphatic rings. The van der Waals surface area contributed by atoms with Crippen LogP contribution in [0.2, 0.25) is 0 Å². The number of hydrogen-bond acceptors (Lipinski definition) is 2. The Morgan fingerprint density at radius 3 is 1.85 bits per heavy atom. The molecule has 53 heavy (non-hydrogen) atoms. The molecule has 0 bridgehead atoms.